The number of amides is 2. The van der Waals surface area contributed by atoms with E-state index in [0.29, 0.717) is 36.5 Å². The number of aliphatic hydroxyl groups is 1. The van der Waals surface area contributed by atoms with Gasteiger partial charge in [-0.2, -0.15) is 0 Å². The molecule has 0 radical (unpaired) electrons. The molecule has 2 amide bonds. The maximum Gasteiger partial charge on any atom is 0.254 e. The van der Waals surface area contributed by atoms with Gasteiger partial charge in [-0.1, -0.05) is 19.1 Å². The summed E-state index contributed by atoms with van der Waals surface area (Å²) in [5.74, 6) is -0.251. The topological polar surface area (TPSA) is 82.5 Å². The predicted octanol–water partition coefficient (Wildman–Crippen LogP) is 1.71. The highest BCUT2D eigenvalue weighted by atomic mass is 16.3. The van der Waals surface area contributed by atoms with Gasteiger partial charge in [0.15, 0.2) is 0 Å². The van der Waals surface area contributed by atoms with E-state index in [1.807, 2.05) is 6.92 Å². The van der Waals surface area contributed by atoms with Crippen molar-refractivity contribution in [3.63, 3.8) is 0 Å². The van der Waals surface area contributed by atoms with E-state index in [4.69, 9.17) is 0 Å². The molecule has 2 aromatic rings. The highest BCUT2D eigenvalue weighted by molar-refractivity contribution is 6.00. The summed E-state index contributed by atoms with van der Waals surface area (Å²) in [6.45, 7) is 3.37. The fourth-order valence-corrected chi connectivity index (χ4v) is 2.73. The molecule has 6 heteroatoms. The second-order valence-corrected chi connectivity index (χ2v) is 6.10. The van der Waals surface area contributed by atoms with Gasteiger partial charge in [-0.3, -0.25) is 14.6 Å². The molecular weight excluding hydrogens is 318 g/mol. The molecule has 2 N–H and O–H groups in total. The summed E-state index contributed by atoms with van der Waals surface area (Å²) in [4.78, 5) is 30.5. The van der Waals surface area contributed by atoms with E-state index in [0.717, 1.165) is 12.0 Å². The SMILES string of the molecule is CCCNC(=O)c1cccnc1-c1ccc(C(=O)N2CC(O)C2)cc1. The summed E-state index contributed by atoms with van der Waals surface area (Å²) < 4.78 is 0. The van der Waals surface area contributed by atoms with Crippen molar-refractivity contribution < 1.29 is 14.7 Å². The zero-order valence-corrected chi connectivity index (χ0v) is 14.1. The number of aliphatic hydroxyl groups excluding tert-OH is 1. The summed E-state index contributed by atoms with van der Waals surface area (Å²) in [7, 11) is 0. The van der Waals surface area contributed by atoms with E-state index < -0.39 is 6.10 Å². The van der Waals surface area contributed by atoms with Crippen LogP contribution in [0.4, 0.5) is 0 Å². The first kappa shape index (κ1) is 17.1. The number of nitrogens with one attached hydrogen (secondary N) is 1. The van der Waals surface area contributed by atoms with Gasteiger partial charge in [0.25, 0.3) is 11.8 Å². The van der Waals surface area contributed by atoms with Crippen LogP contribution in [0.25, 0.3) is 11.3 Å². The maximum atomic E-state index is 12.3. The molecule has 0 spiro atoms. The largest absolute Gasteiger partial charge is 0.389 e. The number of aromatic nitrogens is 1. The third-order valence-corrected chi connectivity index (χ3v) is 4.14. The van der Waals surface area contributed by atoms with Crippen LogP contribution in [0.1, 0.15) is 34.1 Å². The van der Waals surface area contributed by atoms with Crippen molar-refractivity contribution in [3.05, 3.63) is 53.7 Å². The first-order chi connectivity index (χ1) is 12.1. The third kappa shape index (κ3) is 3.69. The van der Waals surface area contributed by atoms with Gasteiger partial charge in [0.05, 0.1) is 17.4 Å². The quantitative estimate of drug-likeness (QED) is 0.869. The number of benzene rings is 1. The molecular formula is C19H21N3O3. The van der Waals surface area contributed by atoms with Gasteiger partial charge < -0.3 is 15.3 Å². The first-order valence-electron chi connectivity index (χ1n) is 8.41. The molecule has 1 aliphatic rings. The highest BCUT2D eigenvalue weighted by Crippen LogP contribution is 2.23. The lowest BCUT2D eigenvalue weighted by Gasteiger charge is -2.35. The summed E-state index contributed by atoms with van der Waals surface area (Å²) in [5, 5.41) is 12.2. The molecule has 0 unspecified atom stereocenters. The summed E-state index contributed by atoms with van der Waals surface area (Å²) in [5.41, 5.74) is 2.45. The molecule has 1 aromatic carbocycles. The number of β-amino-alcohol motifs (C(OH)–C–C–N with tert-alkyl or cyclic N) is 1. The first-order valence-corrected chi connectivity index (χ1v) is 8.41. The summed E-state index contributed by atoms with van der Waals surface area (Å²) >= 11 is 0. The van der Waals surface area contributed by atoms with Gasteiger partial charge in [0.2, 0.25) is 0 Å². The van der Waals surface area contributed by atoms with E-state index in [2.05, 4.69) is 10.3 Å². The number of pyridine rings is 1. The lowest BCUT2D eigenvalue weighted by atomic mass is 10.0. The van der Waals surface area contributed by atoms with Crippen LogP contribution in [-0.2, 0) is 0 Å². The molecule has 130 valence electrons. The minimum absolute atomic E-state index is 0.0983. The Hall–Kier alpha value is -2.73. The van der Waals surface area contributed by atoms with Crippen LogP contribution < -0.4 is 5.32 Å². The minimum atomic E-state index is -0.416. The molecule has 2 heterocycles. The second kappa shape index (κ2) is 7.44. The van der Waals surface area contributed by atoms with E-state index in [1.54, 1.807) is 47.5 Å². The number of nitrogens with zero attached hydrogens (tertiary/aromatic N) is 2. The predicted molar refractivity (Wildman–Crippen MR) is 94.2 cm³/mol. The van der Waals surface area contributed by atoms with Crippen molar-refractivity contribution in [1.82, 2.24) is 15.2 Å². The molecule has 3 rings (SSSR count). The number of hydrogen-bond donors (Lipinski definition) is 2. The zero-order valence-electron chi connectivity index (χ0n) is 14.1. The van der Waals surface area contributed by atoms with Crippen molar-refractivity contribution in [2.45, 2.75) is 19.4 Å². The average molecular weight is 339 g/mol. The van der Waals surface area contributed by atoms with E-state index >= 15 is 0 Å². The summed E-state index contributed by atoms with van der Waals surface area (Å²) in [6.07, 6.45) is 2.09. The Bertz CT molecular complexity index is 768. The van der Waals surface area contributed by atoms with Crippen molar-refractivity contribution in [3.8, 4) is 11.3 Å². The number of hydrogen-bond acceptors (Lipinski definition) is 4. The summed E-state index contributed by atoms with van der Waals surface area (Å²) in [6, 6.07) is 10.5. The standard InChI is InChI=1S/C19H21N3O3/c1-2-9-21-18(24)16-4-3-10-20-17(16)13-5-7-14(8-6-13)19(25)22-11-15(23)12-22/h3-8,10,15,23H,2,9,11-12H2,1H3,(H,21,24). The van der Waals surface area contributed by atoms with Crippen molar-refractivity contribution in [1.29, 1.82) is 0 Å². The van der Waals surface area contributed by atoms with Crippen LogP contribution in [-0.4, -0.2) is 52.5 Å². The molecule has 6 nitrogen and oxygen atoms in total. The monoisotopic (exact) mass is 339 g/mol. The average Bonchev–Trinajstić information content (AvgIpc) is 2.63. The lowest BCUT2D eigenvalue weighted by molar-refractivity contribution is 0.00589. The molecule has 1 aromatic heterocycles. The Morgan fingerprint density at radius 2 is 1.96 bits per heavy atom. The number of rotatable bonds is 5. The zero-order chi connectivity index (χ0) is 17.8. The van der Waals surface area contributed by atoms with Crippen LogP contribution >= 0.6 is 0 Å². The smallest absolute Gasteiger partial charge is 0.254 e. The van der Waals surface area contributed by atoms with Crippen LogP contribution in [0, 0.1) is 0 Å². The van der Waals surface area contributed by atoms with Crippen molar-refractivity contribution in [2.75, 3.05) is 19.6 Å². The van der Waals surface area contributed by atoms with Crippen molar-refractivity contribution >= 4 is 11.8 Å². The Morgan fingerprint density at radius 3 is 2.60 bits per heavy atom. The molecule has 25 heavy (non-hydrogen) atoms. The van der Waals surface area contributed by atoms with E-state index in [-0.39, 0.29) is 11.8 Å². The normalized spacial score (nSPS) is 14.1. The number of likely N-dealkylation sites (tertiary alicyclic amines) is 1. The van der Waals surface area contributed by atoms with Gasteiger partial charge in [0.1, 0.15) is 0 Å². The Morgan fingerprint density at radius 1 is 1.24 bits per heavy atom. The van der Waals surface area contributed by atoms with Crippen molar-refractivity contribution in [2.24, 2.45) is 0 Å². The highest BCUT2D eigenvalue weighted by Gasteiger charge is 2.29. The van der Waals surface area contributed by atoms with Crippen LogP contribution in [0.2, 0.25) is 0 Å². The van der Waals surface area contributed by atoms with E-state index in [1.165, 1.54) is 0 Å². The number of carbonyl (C=O) groups is 2. The van der Waals surface area contributed by atoms with Gasteiger partial charge in [-0.25, -0.2) is 0 Å². The van der Waals surface area contributed by atoms with E-state index in [9.17, 15) is 14.7 Å². The molecule has 1 aliphatic heterocycles. The van der Waals surface area contributed by atoms with Crippen LogP contribution in [0.3, 0.4) is 0 Å². The maximum absolute atomic E-state index is 12.3. The van der Waals surface area contributed by atoms with Gasteiger partial charge in [-0.05, 0) is 30.7 Å². The molecule has 0 bridgehead atoms. The second-order valence-electron chi connectivity index (χ2n) is 6.10. The van der Waals surface area contributed by atoms with Gasteiger partial charge in [0, 0.05) is 37.0 Å². The van der Waals surface area contributed by atoms with Gasteiger partial charge >= 0.3 is 0 Å². The minimum Gasteiger partial charge on any atom is -0.389 e. The fourth-order valence-electron chi connectivity index (χ4n) is 2.73. The van der Waals surface area contributed by atoms with Gasteiger partial charge in [-0.15, -0.1) is 0 Å². The fraction of sp³-hybridized carbons (Fsp3) is 0.316. The Labute approximate surface area is 146 Å². The molecule has 0 saturated carbocycles. The van der Waals surface area contributed by atoms with Crippen LogP contribution in [0.5, 0.6) is 0 Å². The molecule has 1 saturated heterocycles. The van der Waals surface area contributed by atoms with Crippen LogP contribution in [0.15, 0.2) is 42.6 Å². The molecule has 1 fully saturated rings. The third-order valence-electron chi connectivity index (χ3n) is 4.14. The lowest BCUT2D eigenvalue weighted by Crippen LogP contribution is -2.53. The molecule has 0 atom stereocenters. The Balaban J connectivity index is 1.81. The number of carbonyl (C=O) groups excluding carboxylic acids is 2. The molecule has 0 aliphatic carbocycles. The Kier molecular flexibility index (Phi) is 5.09.